The van der Waals surface area contributed by atoms with Gasteiger partial charge in [0.05, 0.1) is 23.1 Å². The van der Waals surface area contributed by atoms with E-state index in [1.165, 1.54) is 16.8 Å². The number of fused-ring (bicyclic) bond motifs is 4. The van der Waals surface area contributed by atoms with Crippen LogP contribution < -0.4 is 5.32 Å². The Bertz CT molecular complexity index is 1030. The highest BCUT2D eigenvalue weighted by Crippen LogP contribution is 2.44. The molecule has 0 unspecified atom stereocenters. The molecule has 1 saturated heterocycles. The topological polar surface area (TPSA) is 46.0 Å². The van der Waals surface area contributed by atoms with Crippen molar-refractivity contribution in [3.63, 3.8) is 0 Å². The summed E-state index contributed by atoms with van der Waals surface area (Å²) < 4.78 is 2.31. The molecule has 0 radical (unpaired) electrons. The maximum Gasteiger partial charge on any atom is 0.161 e. The molecule has 5 rings (SSSR count). The highest BCUT2D eigenvalue weighted by molar-refractivity contribution is 5.63. The second-order valence-electron chi connectivity index (χ2n) is 8.78. The summed E-state index contributed by atoms with van der Waals surface area (Å²) in [5, 5.41) is 3.87. The van der Waals surface area contributed by atoms with Crippen molar-refractivity contribution in [1.29, 1.82) is 0 Å². The van der Waals surface area contributed by atoms with Gasteiger partial charge in [-0.05, 0) is 43.0 Å². The van der Waals surface area contributed by atoms with Gasteiger partial charge in [0.25, 0.3) is 0 Å². The number of hydrogen-bond donors (Lipinski definition) is 1. The lowest BCUT2D eigenvalue weighted by Gasteiger charge is -2.46. The van der Waals surface area contributed by atoms with Crippen LogP contribution in [0.2, 0.25) is 0 Å². The minimum absolute atomic E-state index is 0.0710. The van der Waals surface area contributed by atoms with Crippen LogP contribution >= 0.6 is 0 Å². The molecule has 1 N–H and O–H groups in total. The molecular weight excluding hydrogens is 358 g/mol. The van der Waals surface area contributed by atoms with Crippen LogP contribution in [-0.4, -0.2) is 32.5 Å². The summed E-state index contributed by atoms with van der Waals surface area (Å²) in [4.78, 5) is 12.1. The lowest BCUT2D eigenvalue weighted by molar-refractivity contribution is 0.161. The number of pyridine rings is 1. The Morgan fingerprint density at radius 2 is 1.86 bits per heavy atom. The number of rotatable bonds is 3. The van der Waals surface area contributed by atoms with E-state index in [4.69, 9.17) is 4.98 Å². The van der Waals surface area contributed by atoms with Crippen molar-refractivity contribution in [2.75, 3.05) is 18.4 Å². The highest BCUT2D eigenvalue weighted by Gasteiger charge is 2.43. The van der Waals surface area contributed by atoms with Crippen LogP contribution in [0.15, 0.2) is 48.8 Å². The van der Waals surface area contributed by atoms with E-state index in [-0.39, 0.29) is 5.54 Å². The number of hydrogen-bond acceptors (Lipinski definition) is 4. The molecule has 150 valence electrons. The SMILES string of the molecule is Cc1ccccc1CN1CCC2(CC1)Nc1cccnc1-n1c2cnc1C(C)C. The third-order valence-electron chi connectivity index (χ3n) is 6.53. The molecule has 1 aromatic carbocycles. The first kappa shape index (κ1) is 18.4. The van der Waals surface area contributed by atoms with Gasteiger partial charge in [-0.1, -0.05) is 38.1 Å². The van der Waals surface area contributed by atoms with Gasteiger partial charge < -0.3 is 5.32 Å². The third-order valence-corrected chi connectivity index (χ3v) is 6.53. The number of imidazole rings is 1. The zero-order valence-corrected chi connectivity index (χ0v) is 17.5. The monoisotopic (exact) mass is 387 g/mol. The van der Waals surface area contributed by atoms with E-state index in [2.05, 4.69) is 77.1 Å². The van der Waals surface area contributed by atoms with Gasteiger partial charge in [0.15, 0.2) is 5.82 Å². The Kier molecular flexibility index (Phi) is 4.43. The molecule has 29 heavy (non-hydrogen) atoms. The van der Waals surface area contributed by atoms with E-state index in [1.807, 2.05) is 12.3 Å². The normalized spacial score (nSPS) is 17.8. The minimum Gasteiger partial charge on any atom is -0.371 e. The largest absolute Gasteiger partial charge is 0.371 e. The molecule has 0 aliphatic carbocycles. The summed E-state index contributed by atoms with van der Waals surface area (Å²) in [5.41, 5.74) is 5.12. The van der Waals surface area contributed by atoms with Crippen LogP contribution in [0, 0.1) is 6.92 Å². The average molecular weight is 388 g/mol. The first-order chi connectivity index (χ1) is 14.1. The number of aryl methyl sites for hydroxylation is 1. The van der Waals surface area contributed by atoms with Crippen molar-refractivity contribution in [3.8, 4) is 5.82 Å². The zero-order chi connectivity index (χ0) is 20.0. The maximum atomic E-state index is 4.81. The predicted octanol–water partition coefficient (Wildman–Crippen LogP) is 4.62. The summed E-state index contributed by atoms with van der Waals surface area (Å²) >= 11 is 0. The third kappa shape index (κ3) is 3.04. The fourth-order valence-corrected chi connectivity index (χ4v) is 4.83. The Balaban J connectivity index is 1.45. The molecule has 4 heterocycles. The number of piperidine rings is 1. The van der Waals surface area contributed by atoms with Gasteiger partial charge in [0, 0.05) is 31.7 Å². The van der Waals surface area contributed by atoms with Gasteiger partial charge >= 0.3 is 0 Å². The fraction of sp³-hybridized carbons (Fsp3) is 0.417. The molecule has 0 amide bonds. The summed E-state index contributed by atoms with van der Waals surface area (Å²) in [6.45, 7) is 9.78. The van der Waals surface area contributed by atoms with E-state index in [0.717, 1.165) is 49.8 Å². The molecule has 1 spiro atoms. The second-order valence-corrected chi connectivity index (χ2v) is 8.78. The molecule has 2 aliphatic rings. The number of nitrogens with zero attached hydrogens (tertiary/aromatic N) is 4. The lowest BCUT2D eigenvalue weighted by atomic mass is 9.82. The molecular formula is C24H29N5. The Morgan fingerprint density at radius 1 is 1.07 bits per heavy atom. The van der Waals surface area contributed by atoms with Crippen LogP contribution in [0.3, 0.4) is 0 Å². The van der Waals surface area contributed by atoms with E-state index in [9.17, 15) is 0 Å². The molecule has 1 fully saturated rings. The van der Waals surface area contributed by atoms with Crippen LogP contribution in [0.5, 0.6) is 0 Å². The van der Waals surface area contributed by atoms with Crippen LogP contribution in [0.25, 0.3) is 5.82 Å². The van der Waals surface area contributed by atoms with E-state index in [0.29, 0.717) is 5.92 Å². The van der Waals surface area contributed by atoms with Crippen LogP contribution in [0.4, 0.5) is 5.69 Å². The van der Waals surface area contributed by atoms with Crippen molar-refractivity contribution in [1.82, 2.24) is 19.4 Å². The maximum absolute atomic E-state index is 4.81. The molecule has 2 aromatic heterocycles. The van der Waals surface area contributed by atoms with Gasteiger partial charge in [-0.3, -0.25) is 9.47 Å². The first-order valence-corrected chi connectivity index (χ1v) is 10.7. The summed E-state index contributed by atoms with van der Waals surface area (Å²) in [7, 11) is 0. The van der Waals surface area contributed by atoms with Crippen LogP contribution in [-0.2, 0) is 12.1 Å². The van der Waals surface area contributed by atoms with E-state index >= 15 is 0 Å². The predicted molar refractivity (Wildman–Crippen MR) is 116 cm³/mol. The van der Waals surface area contributed by atoms with Gasteiger partial charge in [-0.15, -0.1) is 0 Å². The molecule has 2 aliphatic heterocycles. The summed E-state index contributed by atoms with van der Waals surface area (Å²) in [6.07, 6.45) is 6.08. The lowest BCUT2D eigenvalue weighted by Crippen LogP contribution is -2.49. The van der Waals surface area contributed by atoms with Gasteiger partial charge in [0.1, 0.15) is 5.82 Å². The second kappa shape index (κ2) is 6.99. The Morgan fingerprint density at radius 3 is 2.62 bits per heavy atom. The Hall–Kier alpha value is -2.66. The van der Waals surface area contributed by atoms with Crippen molar-refractivity contribution in [3.05, 3.63) is 71.4 Å². The van der Waals surface area contributed by atoms with Gasteiger partial charge in [0.2, 0.25) is 0 Å². The number of likely N-dealkylation sites (tertiary alicyclic amines) is 1. The number of anilines is 1. The van der Waals surface area contributed by atoms with Crippen molar-refractivity contribution < 1.29 is 0 Å². The van der Waals surface area contributed by atoms with Crippen molar-refractivity contribution >= 4 is 5.69 Å². The minimum atomic E-state index is -0.0710. The van der Waals surface area contributed by atoms with Crippen molar-refractivity contribution in [2.24, 2.45) is 0 Å². The summed E-state index contributed by atoms with van der Waals surface area (Å²) in [6, 6.07) is 12.9. The summed E-state index contributed by atoms with van der Waals surface area (Å²) in [5.74, 6) is 2.44. The number of benzene rings is 1. The first-order valence-electron chi connectivity index (χ1n) is 10.7. The molecule has 5 heteroatoms. The van der Waals surface area contributed by atoms with Crippen LogP contribution in [0.1, 0.15) is 55.3 Å². The molecule has 3 aromatic rings. The van der Waals surface area contributed by atoms with Gasteiger partial charge in [-0.2, -0.15) is 0 Å². The molecule has 0 bridgehead atoms. The molecule has 5 nitrogen and oxygen atoms in total. The standard InChI is InChI=1S/C24H29N5/c1-17(2)22-26-15-21-24(27-20-9-6-12-25-23(20)29(21)22)10-13-28(14-11-24)16-19-8-5-4-7-18(19)3/h4-9,12,15,17,27H,10-11,13-14,16H2,1-3H3. The molecule has 0 saturated carbocycles. The fourth-order valence-electron chi connectivity index (χ4n) is 4.83. The van der Waals surface area contributed by atoms with E-state index in [1.54, 1.807) is 0 Å². The van der Waals surface area contributed by atoms with Gasteiger partial charge in [-0.25, -0.2) is 9.97 Å². The number of aromatic nitrogens is 3. The Labute approximate surface area is 172 Å². The zero-order valence-electron chi connectivity index (χ0n) is 17.5. The van der Waals surface area contributed by atoms with Crippen molar-refractivity contribution in [2.45, 2.75) is 51.6 Å². The highest BCUT2D eigenvalue weighted by atomic mass is 15.3. The average Bonchev–Trinajstić information content (AvgIpc) is 3.18. The van der Waals surface area contributed by atoms with E-state index < -0.39 is 0 Å². The molecule has 0 atom stereocenters. The number of nitrogens with one attached hydrogen (secondary N) is 1. The quantitative estimate of drug-likeness (QED) is 0.712. The smallest absolute Gasteiger partial charge is 0.161 e.